The zero-order chi connectivity index (χ0) is 6.69. The number of hydrogen-bond acceptors (Lipinski definition) is 2. The summed E-state index contributed by atoms with van der Waals surface area (Å²) in [6.45, 7) is 4.21. The van der Waals surface area contributed by atoms with Crippen molar-refractivity contribution in [3.8, 4) is 0 Å². The van der Waals surface area contributed by atoms with E-state index in [9.17, 15) is 0 Å². The van der Waals surface area contributed by atoms with Gasteiger partial charge in [0.15, 0.2) is 0 Å². The van der Waals surface area contributed by atoms with Crippen LogP contribution in [-0.2, 0) is 6.42 Å². The van der Waals surface area contributed by atoms with Gasteiger partial charge in [0.05, 0.1) is 5.01 Å². The minimum atomic E-state index is 1.14. The van der Waals surface area contributed by atoms with E-state index in [0.717, 1.165) is 12.1 Å². The molecule has 1 aromatic heterocycles. The topological polar surface area (TPSA) is 12.9 Å². The number of aryl methyl sites for hydroxylation is 2. The van der Waals surface area contributed by atoms with Crippen LogP contribution in [0.4, 0.5) is 0 Å². The molecule has 50 valence electrons. The van der Waals surface area contributed by atoms with Crippen molar-refractivity contribution in [2.24, 2.45) is 0 Å². The lowest BCUT2D eigenvalue weighted by Crippen LogP contribution is -1.79. The Hall–Kier alpha value is -0.370. The highest BCUT2D eigenvalue weighted by Crippen LogP contribution is 2.09. The second-order valence-corrected chi connectivity index (χ2v) is 3.08. The van der Waals surface area contributed by atoms with E-state index in [1.165, 1.54) is 11.4 Å². The molecule has 2 heteroatoms. The van der Waals surface area contributed by atoms with Crippen molar-refractivity contribution in [3.63, 3.8) is 0 Å². The Bertz CT molecular complexity index is 181. The van der Waals surface area contributed by atoms with Gasteiger partial charge < -0.3 is 0 Å². The fraction of sp³-hybridized carbons (Fsp3) is 0.571. The zero-order valence-corrected chi connectivity index (χ0v) is 6.66. The number of thiazole rings is 1. The lowest BCUT2D eigenvalue weighted by molar-refractivity contribution is 0.903. The molecule has 0 N–H and O–H groups in total. The van der Waals surface area contributed by atoms with E-state index in [4.69, 9.17) is 0 Å². The molecule has 0 saturated heterocycles. The summed E-state index contributed by atoms with van der Waals surface area (Å²) >= 11 is 1.76. The normalized spacial score (nSPS) is 10.0. The SMILES string of the molecule is CCCc1nc(C)cs1. The number of nitrogens with zero attached hydrogens (tertiary/aromatic N) is 1. The largest absolute Gasteiger partial charge is 0.247 e. The van der Waals surface area contributed by atoms with Gasteiger partial charge in [-0.2, -0.15) is 0 Å². The van der Waals surface area contributed by atoms with Crippen LogP contribution in [0, 0.1) is 6.92 Å². The first-order chi connectivity index (χ1) is 4.33. The molecule has 0 bridgehead atoms. The Morgan fingerprint density at radius 2 is 2.44 bits per heavy atom. The first-order valence-electron chi connectivity index (χ1n) is 3.24. The van der Waals surface area contributed by atoms with Crippen molar-refractivity contribution >= 4 is 11.3 Å². The predicted octanol–water partition coefficient (Wildman–Crippen LogP) is 2.40. The van der Waals surface area contributed by atoms with E-state index in [1.54, 1.807) is 11.3 Å². The summed E-state index contributed by atoms with van der Waals surface area (Å²) < 4.78 is 0. The molecule has 0 amide bonds. The summed E-state index contributed by atoms with van der Waals surface area (Å²) in [6.07, 6.45) is 2.34. The highest BCUT2D eigenvalue weighted by atomic mass is 32.1. The minimum absolute atomic E-state index is 1.14. The van der Waals surface area contributed by atoms with Crippen molar-refractivity contribution in [2.75, 3.05) is 0 Å². The summed E-state index contributed by atoms with van der Waals surface area (Å²) in [7, 11) is 0. The molecular weight excluding hydrogens is 130 g/mol. The summed E-state index contributed by atoms with van der Waals surface area (Å²) in [4.78, 5) is 4.32. The van der Waals surface area contributed by atoms with Crippen LogP contribution < -0.4 is 0 Å². The standard InChI is InChI=1S/C7H11NS/c1-3-4-7-8-6(2)5-9-7/h5H,3-4H2,1-2H3. The lowest BCUT2D eigenvalue weighted by Gasteiger charge is -1.85. The fourth-order valence-electron chi connectivity index (χ4n) is 0.731. The third-order valence-electron chi connectivity index (χ3n) is 1.13. The second kappa shape index (κ2) is 2.97. The van der Waals surface area contributed by atoms with Gasteiger partial charge in [0, 0.05) is 11.1 Å². The van der Waals surface area contributed by atoms with Crippen molar-refractivity contribution < 1.29 is 0 Å². The first-order valence-corrected chi connectivity index (χ1v) is 4.12. The molecule has 1 rings (SSSR count). The van der Waals surface area contributed by atoms with Crippen LogP contribution in [0.2, 0.25) is 0 Å². The van der Waals surface area contributed by atoms with Crippen LogP contribution in [0.25, 0.3) is 0 Å². The Kier molecular flexibility index (Phi) is 2.22. The number of aromatic nitrogens is 1. The molecule has 0 aliphatic rings. The first kappa shape index (κ1) is 6.75. The molecular formula is C7H11NS. The third-order valence-corrected chi connectivity index (χ3v) is 2.16. The summed E-state index contributed by atoms with van der Waals surface area (Å²) in [5.74, 6) is 0. The highest BCUT2D eigenvalue weighted by molar-refractivity contribution is 7.09. The maximum Gasteiger partial charge on any atom is 0.0928 e. The van der Waals surface area contributed by atoms with Crippen LogP contribution in [0.3, 0.4) is 0 Å². The van der Waals surface area contributed by atoms with Gasteiger partial charge in [0.25, 0.3) is 0 Å². The van der Waals surface area contributed by atoms with Crippen LogP contribution in [-0.4, -0.2) is 4.98 Å². The van der Waals surface area contributed by atoms with Crippen LogP contribution >= 0.6 is 11.3 Å². The fourth-order valence-corrected chi connectivity index (χ4v) is 1.61. The Morgan fingerprint density at radius 1 is 1.67 bits per heavy atom. The Morgan fingerprint density at radius 3 is 2.89 bits per heavy atom. The summed E-state index contributed by atoms with van der Waals surface area (Å²) in [5, 5.41) is 3.38. The maximum absolute atomic E-state index is 4.32. The van der Waals surface area contributed by atoms with E-state index in [2.05, 4.69) is 17.3 Å². The van der Waals surface area contributed by atoms with Crippen LogP contribution in [0.5, 0.6) is 0 Å². The van der Waals surface area contributed by atoms with Gasteiger partial charge in [0.1, 0.15) is 0 Å². The molecule has 0 atom stereocenters. The van der Waals surface area contributed by atoms with Gasteiger partial charge in [-0.05, 0) is 19.8 Å². The molecule has 0 unspecified atom stereocenters. The molecule has 1 nitrogen and oxygen atoms in total. The van der Waals surface area contributed by atoms with Gasteiger partial charge >= 0.3 is 0 Å². The summed E-state index contributed by atoms with van der Waals surface area (Å²) in [5.41, 5.74) is 1.16. The van der Waals surface area contributed by atoms with Crippen molar-refractivity contribution in [3.05, 3.63) is 16.1 Å². The molecule has 0 aromatic carbocycles. The van der Waals surface area contributed by atoms with Crippen molar-refractivity contribution in [1.82, 2.24) is 4.98 Å². The third kappa shape index (κ3) is 1.79. The quantitative estimate of drug-likeness (QED) is 0.616. The molecule has 0 spiro atoms. The van der Waals surface area contributed by atoms with Crippen LogP contribution in [0.1, 0.15) is 24.0 Å². The monoisotopic (exact) mass is 141 g/mol. The molecule has 0 aliphatic carbocycles. The van der Waals surface area contributed by atoms with Crippen molar-refractivity contribution in [2.45, 2.75) is 26.7 Å². The molecule has 1 heterocycles. The molecule has 0 radical (unpaired) electrons. The van der Waals surface area contributed by atoms with Crippen molar-refractivity contribution in [1.29, 1.82) is 0 Å². The van der Waals surface area contributed by atoms with Gasteiger partial charge in [-0.3, -0.25) is 0 Å². The molecule has 1 aromatic rings. The second-order valence-electron chi connectivity index (χ2n) is 2.13. The average Bonchev–Trinajstić information content (AvgIpc) is 2.17. The average molecular weight is 141 g/mol. The van der Waals surface area contributed by atoms with Gasteiger partial charge in [0.2, 0.25) is 0 Å². The van der Waals surface area contributed by atoms with Gasteiger partial charge in [-0.25, -0.2) is 4.98 Å². The maximum atomic E-state index is 4.32. The van der Waals surface area contributed by atoms with E-state index in [0.29, 0.717) is 0 Å². The molecule has 0 fully saturated rings. The summed E-state index contributed by atoms with van der Waals surface area (Å²) in [6, 6.07) is 0. The van der Waals surface area contributed by atoms with E-state index in [1.807, 2.05) is 6.92 Å². The molecule has 9 heavy (non-hydrogen) atoms. The van der Waals surface area contributed by atoms with E-state index < -0.39 is 0 Å². The van der Waals surface area contributed by atoms with E-state index >= 15 is 0 Å². The minimum Gasteiger partial charge on any atom is -0.247 e. The molecule has 0 aliphatic heterocycles. The smallest absolute Gasteiger partial charge is 0.0928 e. The van der Waals surface area contributed by atoms with Gasteiger partial charge in [-0.15, -0.1) is 11.3 Å². The number of hydrogen-bond donors (Lipinski definition) is 0. The van der Waals surface area contributed by atoms with Gasteiger partial charge in [-0.1, -0.05) is 6.92 Å². The number of rotatable bonds is 2. The highest BCUT2D eigenvalue weighted by Gasteiger charge is 1.94. The van der Waals surface area contributed by atoms with Crippen LogP contribution in [0.15, 0.2) is 5.38 Å². The lowest BCUT2D eigenvalue weighted by atomic mass is 10.3. The predicted molar refractivity (Wildman–Crippen MR) is 40.8 cm³/mol. The van der Waals surface area contributed by atoms with E-state index in [-0.39, 0.29) is 0 Å². The Labute approximate surface area is 59.8 Å². The Balaban J connectivity index is 2.61. The zero-order valence-electron chi connectivity index (χ0n) is 5.85. The molecule has 0 saturated carbocycles.